The van der Waals surface area contributed by atoms with Crippen LogP contribution in [-0.2, 0) is 24.2 Å². The van der Waals surface area contributed by atoms with E-state index < -0.39 is 0 Å². The molecule has 0 radical (unpaired) electrons. The number of hydrogen-bond donors (Lipinski definition) is 0. The molecular weight excluding hydrogens is 340 g/mol. The van der Waals surface area contributed by atoms with E-state index in [9.17, 15) is 4.79 Å². The minimum Gasteiger partial charge on any atom is -0.497 e. The summed E-state index contributed by atoms with van der Waals surface area (Å²) in [5.74, 6) is 2.08. The lowest BCUT2D eigenvalue weighted by Gasteiger charge is -2.24. The minimum atomic E-state index is 0.158. The van der Waals surface area contributed by atoms with E-state index >= 15 is 0 Å². The molecule has 1 fully saturated rings. The Morgan fingerprint density at radius 1 is 1.33 bits per heavy atom. The normalized spacial score (nSPS) is 19.8. The average Bonchev–Trinajstić information content (AvgIpc) is 3.18. The van der Waals surface area contributed by atoms with Gasteiger partial charge < -0.3 is 14.5 Å². The summed E-state index contributed by atoms with van der Waals surface area (Å²) < 4.78 is 5.24. The second-order valence-electron chi connectivity index (χ2n) is 7.54. The number of amides is 1. The van der Waals surface area contributed by atoms with E-state index in [2.05, 4.69) is 16.9 Å². The smallest absolute Gasteiger partial charge is 0.227 e. The first-order valence-corrected chi connectivity index (χ1v) is 9.56. The van der Waals surface area contributed by atoms with Crippen molar-refractivity contribution in [1.82, 2.24) is 19.8 Å². The van der Waals surface area contributed by atoms with Gasteiger partial charge in [-0.3, -0.25) is 4.79 Å². The number of likely N-dealkylation sites (tertiary alicyclic amines) is 1. The summed E-state index contributed by atoms with van der Waals surface area (Å²) in [6.45, 7) is 3.45. The zero-order valence-corrected chi connectivity index (χ0v) is 16.0. The van der Waals surface area contributed by atoms with Crippen molar-refractivity contribution in [2.45, 2.75) is 31.7 Å². The first kappa shape index (κ1) is 17.9. The lowest BCUT2D eigenvalue weighted by Crippen LogP contribution is -2.30. The van der Waals surface area contributed by atoms with Crippen LogP contribution in [0.25, 0.3) is 0 Å². The standard InChI is InChI=1S/C21H26N4O2/c1-24-8-7-19-17(13-24)12-22-21(23-19)16-6-9-25(14-16)20(26)11-15-4-3-5-18(10-15)27-2/h3-5,10,12,16H,6-9,11,13-14H2,1-2H3/t16-/m0/s1. The molecule has 6 nitrogen and oxygen atoms in total. The number of rotatable bonds is 4. The number of carbonyl (C=O) groups is 1. The summed E-state index contributed by atoms with van der Waals surface area (Å²) >= 11 is 0. The van der Waals surface area contributed by atoms with Crippen molar-refractivity contribution in [3.63, 3.8) is 0 Å². The summed E-state index contributed by atoms with van der Waals surface area (Å²) in [7, 11) is 3.77. The molecule has 0 bridgehead atoms. The van der Waals surface area contributed by atoms with Crippen molar-refractivity contribution >= 4 is 5.91 Å². The predicted molar refractivity (Wildman–Crippen MR) is 103 cm³/mol. The van der Waals surface area contributed by atoms with E-state index in [4.69, 9.17) is 9.72 Å². The lowest BCUT2D eigenvalue weighted by molar-refractivity contribution is -0.129. The van der Waals surface area contributed by atoms with Crippen LogP contribution in [0.5, 0.6) is 5.75 Å². The van der Waals surface area contributed by atoms with Crippen LogP contribution in [0.4, 0.5) is 0 Å². The van der Waals surface area contributed by atoms with Gasteiger partial charge in [0.15, 0.2) is 0 Å². The Morgan fingerprint density at radius 2 is 2.22 bits per heavy atom. The van der Waals surface area contributed by atoms with E-state index in [1.807, 2.05) is 35.4 Å². The highest BCUT2D eigenvalue weighted by molar-refractivity contribution is 5.79. The summed E-state index contributed by atoms with van der Waals surface area (Å²) in [4.78, 5) is 26.4. The van der Waals surface area contributed by atoms with E-state index in [-0.39, 0.29) is 11.8 Å². The number of ether oxygens (including phenoxy) is 1. The molecule has 0 aliphatic carbocycles. The van der Waals surface area contributed by atoms with Crippen molar-refractivity contribution < 1.29 is 9.53 Å². The zero-order chi connectivity index (χ0) is 18.8. The van der Waals surface area contributed by atoms with Crippen LogP contribution < -0.4 is 4.74 Å². The van der Waals surface area contributed by atoms with Gasteiger partial charge in [-0.25, -0.2) is 9.97 Å². The number of fused-ring (bicyclic) bond motifs is 1. The summed E-state index contributed by atoms with van der Waals surface area (Å²) in [5, 5.41) is 0. The average molecular weight is 366 g/mol. The fraction of sp³-hybridized carbons (Fsp3) is 0.476. The largest absolute Gasteiger partial charge is 0.497 e. The quantitative estimate of drug-likeness (QED) is 0.829. The third-order valence-electron chi connectivity index (χ3n) is 5.54. The molecule has 1 saturated heterocycles. The molecule has 3 heterocycles. The Labute approximate surface area is 160 Å². The van der Waals surface area contributed by atoms with E-state index in [0.29, 0.717) is 13.0 Å². The highest BCUT2D eigenvalue weighted by Crippen LogP contribution is 2.27. The van der Waals surface area contributed by atoms with Crippen LogP contribution in [0.2, 0.25) is 0 Å². The summed E-state index contributed by atoms with van der Waals surface area (Å²) in [5.41, 5.74) is 3.40. The Bertz CT molecular complexity index is 839. The molecule has 1 amide bonds. The molecule has 1 atom stereocenters. The molecule has 0 unspecified atom stereocenters. The van der Waals surface area contributed by atoms with Gasteiger partial charge in [0.1, 0.15) is 11.6 Å². The Hall–Kier alpha value is -2.47. The van der Waals surface area contributed by atoms with Crippen LogP contribution >= 0.6 is 0 Å². The monoisotopic (exact) mass is 366 g/mol. The number of likely N-dealkylation sites (N-methyl/N-ethyl adjacent to an activating group) is 1. The van der Waals surface area contributed by atoms with E-state index in [0.717, 1.165) is 49.6 Å². The number of hydrogen-bond acceptors (Lipinski definition) is 5. The van der Waals surface area contributed by atoms with E-state index in [1.165, 1.54) is 11.3 Å². The van der Waals surface area contributed by atoms with Gasteiger partial charge in [-0.2, -0.15) is 0 Å². The number of carbonyl (C=O) groups excluding carboxylic acids is 1. The Balaban J connectivity index is 1.40. The van der Waals surface area contributed by atoms with Crippen LogP contribution in [-0.4, -0.2) is 59.5 Å². The molecule has 0 saturated carbocycles. The van der Waals surface area contributed by atoms with Crippen LogP contribution in [0.3, 0.4) is 0 Å². The molecule has 0 N–H and O–H groups in total. The summed E-state index contributed by atoms with van der Waals surface area (Å²) in [6.07, 6.45) is 4.30. The van der Waals surface area contributed by atoms with Gasteiger partial charge in [0.25, 0.3) is 0 Å². The first-order chi connectivity index (χ1) is 13.1. The van der Waals surface area contributed by atoms with Gasteiger partial charge in [-0.15, -0.1) is 0 Å². The van der Waals surface area contributed by atoms with Gasteiger partial charge in [-0.05, 0) is 31.2 Å². The molecule has 1 aromatic heterocycles. The highest BCUT2D eigenvalue weighted by atomic mass is 16.5. The topological polar surface area (TPSA) is 58.6 Å². The molecule has 2 aliphatic rings. The number of aromatic nitrogens is 2. The molecule has 4 rings (SSSR count). The lowest BCUT2D eigenvalue weighted by atomic mass is 10.1. The minimum absolute atomic E-state index is 0.158. The first-order valence-electron chi connectivity index (χ1n) is 9.56. The van der Waals surface area contributed by atoms with Gasteiger partial charge in [0.05, 0.1) is 13.5 Å². The third kappa shape index (κ3) is 3.95. The number of methoxy groups -OCH3 is 1. The zero-order valence-electron chi connectivity index (χ0n) is 16.0. The maximum absolute atomic E-state index is 12.7. The van der Waals surface area contributed by atoms with Gasteiger partial charge in [0.2, 0.25) is 5.91 Å². The van der Waals surface area contributed by atoms with Crippen molar-refractivity contribution in [2.24, 2.45) is 0 Å². The second-order valence-corrected chi connectivity index (χ2v) is 7.54. The maximum atomic E-state index is 12.7. The summed E-state index contributed by atoms with van der Waals surface area (Å²) in [6, 6.07) is 7.71. The Morgan fingerprint density at radius 3 is 3.07 bits per heavy atom. The third-order valence-corrected chi connectivity index (χ3v) is 5.54. The predicted octanol–water partition coefficient (Wildman–Crippen LogP) is 2.03. The van der Waals surface area contributed by atoms with Gasteiger partial charge in [0, 0.05) is 56.0 Å². The number of nitrogens with zero attached hydrogens (tertiary/aromatic N) is 4. The molecule has 27 heavy (non-hydrogen) atoms. The van der Waals surface area contributed by atoms with Crippen molar-refractivity contribution in [2.75, 3.05) is 33.8 Å². The van der Waals surface area contributed by atoms with Gasteiger partial charge >= 0.3 is 0 Å². The van der Waals surface area contributed by atoms with E-state index in [1.54, 1.807) is 7.11 Å². The SMILES string of the molecule is COc1cccc(CC(=O)N2CC[C@H](c3ncc4c(n3)CCN(C)C4)C2)c1. The molecule has 6 heteroatoms. The van der Waals surface area contributed by atoms with Crippen molar-refractivity contribution in [3.8, 4) is 5.75 Å². The van der Waals surface area contributed by atoms with Crippen LogP contribution in [0, 0.1) is 0 Å². The molecule has 1 aromatic carbocycles. The van der Waals surface area contributed by atoms with Crippen LogP contribution in [0.1, 0.15) is 35.0 Å². The fourth-order valence-electron chi connectivity index (χ4n) is 3.94. The van der Waals surface area contributed by atoms with Crippen LogP contribution in [0.15, 0.2) is 30.5 Å². The second kappa shape index (κ2) is 7.64. The fourth-order valence-corrected chi connectivity index (χ4v) is 3.94. The Kier molecular flexibility index (Phi) is 5.07. The number of benzene rings is 1. The maximum Gasteiger partial charge on any atom is 0.227 e. The molecule has 0 spiro atoms. The molecular formula is C21H26N4O2. The van der Waals surface area contributed by atoms with Gasteiger partial charge in [-0.1, -0.05) is 12.1 Å². The van der Waals surface area contributed by atoms with Crippen molar-refractivity contribution in [3.05, 3.63) is 53.1 Å². The molecule has 2 aliphatic heterocycles. The molecule has 142 valence electrons. The highest BCUT2D eigenvalue weighted by Gasteiger charge is 2.30. The molecule has 2 aromatic rings. The van der Waals surface area contributed by atoms with Crippen molar-refractivity contribution in [1.29, 1.82) is 0 Å².